The van der Waals surface area contributed by atoms with Crippen molar-refractivity contribution in [2.75, 3.05) is 12.4 Å². The van der Waals surface area contributed by atoms with E-state index in [-0.39, 0.29) is 0 Å². The summed E-state index contributed by atoms with van der Waals surface area (Å²) in [5.74, 6) is -0.459. The molecule has 1 amide bonds. The van der Waals surface area contributed by atoms with Crippen molar-refractivity contribution in [3.05, 3.63) is 23.5 Å². The lowest BCUT2D eigenvalue weighted by Gasteiger charge is -2.06. The van der Waals surface area contributed by atoms with Crippen LogP contribution in [0.1, 0.15) is 23.0 Å². The van der Waals surface area contributed by atoms with Gasteiger partial charge < -0.3 is 11.1 Å². The number of hydrogen-bond donors (Lipinski definition) is 2. The molecule has 0 aliphatic heterocycles. The predicted octanol–water partition coefficient (Wildman–Crippen LogP) is 0.785. The number of carbonyl (C=O) groups is 1. The lowest BCUT2D eigenvalue weighted by atomic mass is 10.2. The maximum Gasteiger partial charge on any atom is 0.252 e. The number of rotatable bonds is 3. The minimum atomic E-state index is -0.459. The first-order valence-corrected chi connectivity index (χ1v) is 4.15. The molecule has 4 nitrogen and oxygen atoms in total. The van der Waals surface area contributed by atoms with Crippen LogP contribution in [0, 0.1) is 0 Å². The summed E-state index contributed by atoms with van der Waals surface area (Å²) in [5, 5.41) is 2.91. The molecule has 70 valence electrons. The third-order valence-electron chi connectivity index (χ3n) is 1.86. The molecule has 3 N–H and O–H groups in total. The molecule has 0 aliphatic carbocycles. The first kappa shape index (κ1) is 9.51. The third kappa shape index (κ3) is 1.96. The van der Waals surface area contributed by atoms with Crippen molar-refractivity contribution < 1.29 is 4.79 Å². The Morgan fingerprint density at radius 3 is 2.85 bits per heavy atom. The first-order valence-electron chi connectivity index (χ1n) is 4.15. The molecule has 4 heteroatoms. The molecule has 1 aromatic rings. The van der Waals surface area contributed by atoms with Gasteiger partial charge in [0.1, 0.15) is 0 Å². The van der Waals surface area contributed by atoms with Crippen LogP contribution in [0.4, 0.5) is 5.69 Å². The lowest BCUT2D eigenvalue weighted by molar-refractivity contribution is 0.100. The van der Waals surface area contributed by atoms with Gasteiger partial charge in [0.15, 0.2) is 0 Å². The summed E-state index contributed by atoms with van der Waals surface area (Å²) in [4.78, 5) is 15.0. The van der Waals surface area contributed by atoms with E-state index in [1.165, 1.54) is 6.20 Å². The summed E-state index contributed by atoms with van der Waals surface area (Å²) >= 11 is 0. The van der Waals surface area contributed by atoms with Gasteiger partial charge in [-0.15, -0.1) is 0 Å². The van der Waals surface area contributed by atoms with Crippen LogP contribution in [-0.4, -0.2) is 17.9 Å². The maximum absolute atomic E-state index is 10.9. The molecule has 1 heterocycles. The summed E-state index contributed by atoms with van der Waals surface area (Å²) in [6.45, 7) is 2.01. The summed E-state index contributed by atoms with van der Waals surface area (Å²) in [6, 6.07) is 1.83. The second kappa shape index (κ2) is 3.89. The minimum Gasteiger partial charge on any atom is -0.387 e. The van der Waals surface area contributed by atoms with Gasteiger partial charge in [0, 0.05) is 18.9 Å². The van der Waals surface area contributed by atoms with Crippen molar-refractivity contribution in [1.82, 2.24) is 4.98 Å². The molecular weight excluding hydrogens is 166 g/mol. The predicted molar refractivity (Wildman–Crippen MR) is 51.7 cm³/mol. The van der Waals surface area contributed by atoms with Gasteiger partial charge in [-0.05, 0) is 12.5 Å². The van der Waals surface area contributed by atoms with E-state index in [9.17, 15) is 4.79 Å². The number of nitrogens with two attached hydrogens (primary N) is 1. The van der Waals surface area contributed by atoms with Gasteiger partial charge in [-0.3, -0.25) is 9.78 Å². The molecule has 1 rings (SSSR count). The Hall–Kier alpha value is -1.58. The Balaban J connectivity index is 3.15. The van der Waals surface area contributed by atoms with Crippen LogP contribution in [0.2, 0.25) is 0 Å². The molecule has 0 radical (unpaired) electrons. The summed E-state index contributed by atoms with van der Waals surface area (Å²) in [5.41, 5.74) is 7.27. The normalized spacial score (nSPS) is 9.69. The standard InChI is InChI=1S/C9H13N3O/c1-3-6-4-8(11-2)7(5-12-6)9(10)13/h4-5H,3H2,1-2H3,(H2,10,13)(H,11,12). The van der Waals surface area contributed by atoms with Gasteiger partial charge in [-0.1, -0.05) is 6.92 Å². The number of aromatic nitrogens is 1. The fourth-order valence-corrected chi connectivity index (χ4v) is 1.10. The van der Waals surface area contributed by atoms with Crippen LogP contribution < -0.4 is 11.1 Å². The molecule has 0 spiro atoms. The van der Waals surface area contributed by atoms with Crippen molar-refractivity contribution in [1.29, 1.82) is 0 Å². The van der Waals surface area contributed by atoms with Gasteiger partial charge in [-0.2, -0.15) is 0 Å². The SMILES string of the molecule is CCc1cc(NC)c(C(N)=O)cn1. The van der Waals surface area contributed by atoms with Gasteiger partial charge in [-0.25, -0.2) is 0 Å². The second-order valence-electron chi connectivity index (χ2n) is 2.69. The maximum atomic E-state index is 10.9. The smallest absolute Gasteiger partial charge is 0.252 e. The molecular formula is C9H13N3O. The van der Waals surface area contributed by atoms with Crippen LogP contribution in [0.3, 0.4) is 0 Å². The van der Waals surface area contributed by atoms with Crippen LogP contribution in [-0.2, 0) is 6.42 Å². The molecule has 1 aromatic heterocycles. The number of hydrogen-bond acceptors (Lipinski definition) is 3. The third-order valence-corrected chi connectivity index (χ3v) is 1.86. The molecule has 0 aromatic carbocycles. The van der Waals surface area contributed by atoms with E-state index >= 15 is 0 Å². The fourth-order valence-electron chi connectivity index (χ4n) is 1.10. The Labute approximate surface area is 77.2 Å². The highest BCUT2D eigenvalue weighted by Gasteiger charge is 2.07. The van der Waals surface area contributed by atoms with E-state index in [0.717, 1.165) is 17.8 Å². The summed E-state index contributed by atoms with van der Waals surface area (Å²) in [6.07, 6.45) is 2.35. The number of aryl methyl sites for hydroxylation is 1. The van der Waals surface area contributed by atoms with Crippen LogP contribution >= 0.6 is 0 Å². The Morgan fingerprint density at radius 2 is 2.38 bits per heavy atom. The molecule has 0 unspecified atom stereocenters. The van der Waals surface area contributed by atoms with E-state index in [1.807, 2.05) is 13.0 Å². The molecule has 0 saturated carbocycles. The van der Waals surface area contributed by atoms with E-state index in [0.29, 0.717) is 5.56 Å². The van der Waals surface area contributed by atoms with Crippen LogP contribution in [0.25, 0.3) is 0 Å². The number of anilines is 1. The summed E-state index contributed by atoms with van der Waals surface area (Å²) < 4.78 is 0. The summed E-state index contributed by atoms with van der Waals surface area (Å²) in [7, 11) is 1.75. The highest BCUT2D eigenvalue weighted by atomic mass is 16.1. The molecule has 0 fully saturated rings. The number of amides is 1. The monoisotopic (exact) mass is 179 g/mol. The second-order valence-corrected chi connectivity index (χ2v) is 2.69. The molecule has 0 atom stereocenters. The van der Waals surface area contributed by atoms with E-state index in [2.05, 4.69) is 10.3 Å². The Morgan fingerprint density at radius 1 is 1.69 bits per heavy atom. The van der Waals surface area contributed by atoms with E-state index < -0.39 is 5.91 Å². The minimum absolute atomic E-state index is 0.430. The number of nitrogens with zero attached hydrogens (tertiary/aromatic N) is 1. The zero-order chi connectivity index (χ0) is 9.84. The van der Waals surface area contributed by atoms with Crippen molar-refractivity contribution >= 4 is 11.6 Å². The van der Waals surface area contributed by atoms with Gasteiger partial charge in [0.05, 0.1) is 11.3 Å². The zero-order valence-electron chi connectivity index (χ0n) is 7.79. The average molecular weight is 179 g/mol. The Bertz CT molecular complexity index is 323. The molecule has 0 aliphatic rings. The topological polar surface area (TPSA) is 68.0 Å². The molecule has 13 heavy (non-hydrogen) atoms. The Kier molecular flexibility index (Phi) is 2.84. The zero-order valence-corrected chi connectivity index (χ0v) is 7.79. The first-order chi connectivity index (χ1) is 6.19. The average Bonchev–Trinajstić information content (AvgIpc) is 2.16. The lowest BCUT2D eigenvalue weighted by Crippen LogP contribution is -2.14. The van der Waals surface area contributed by atoms with Crippen molar-refractivity contribution in [3.63, 3.8) is 0 Å². The quantitative estimate of drug-likeness (QED) is 0.720. The van der Waals surface area contributed by atoms with Gasteiger partial charge in [0.25, 0.3) is 5.91 Å². The fraction of sp³-hybridized carbons (Fsp3) is 0.333. The van der Waals surface area contributed by atoms with Crippen LogP contribution in [0.15, 0.2) is 12.3 Å². The number of nitrogens with one attached hydrogen (secondary N) is 1. The largest absolute Gasteiger partial charge is 0.387 e. The highest BCUT2D eigenvalue weighted by molar-refractivity contribution is 5.98. The molecule has 0 bridgehead atoms. The van der Waals surface area contributed by atoms with E-state index in [1.54, 1.807) is 7.05 Å². The number of carbonyl (C=O) groups excluding carboxylic acids is 1. The van der Waals surface area contributed by atoms with Crippen molar-refractivity contribution in [2.24, 2.45) is 5.73 Å². The van der Waals surface area contributed by atoms with Gasteiger partial charge >= 0.3 is 0 Å². The highest BCUT2D eigenvalue weighted by Crippen LogP contribution is 2.14. The van der Waals surface area contributed by atoms with Crippen molar-refractivity contribution in [2.45, 2.75) is 13.3 Å². The number of pyridine rings is 1. The van der Waals surface area contributed by atoms with Gasteiger partial charge in [0.2, 0.25) is 0 Å². The molecule has 0 saturated heterocycles. The van der Waals surface area contributed by atoms with E-state index in [4.69, 9.17) is 5.73 Å². The number of primary amides is 1. The van der Waals surface area contributed by atoms with Crippen LogP contribution in [0.5, 0.6) is 0 Å². The van der Waals surface area contributed by atoms with Crippen molar-refractivity contribution in [3.8, 4) is 0 Å².